The smallest absolute Gasteiger partial charge is 0.139 e. The van der Waals surface area contributed by atoms with Gasteiger partial charge in [0.05, 0.1) is 5.02 Å². The predicted molar refractivity (Wildman–Crippen MR) is 85.9 cm³/mol. The molecule has 0 aliphatic rings. The van der Waals surface area contributed by atoms with E-state index < -0.39 is 0 Å². The second-order valence-corrected chi connectivity index (χ2v) is 6.65. The van der Waals surface area contributed by atoms with Gasteiger partial charge in [0.2, 0.25) is 0 Å². The van der Waals surface area contributed by atoms with E-state index in [4.69, 9.17) is 27.9 Å². The van der Waals surface area contributed by atoms with Crippen molar-refractivity contribution in [3.8, 4) is 5.75 Å². The first-order valence-electron chi connectivity index (χ1n) is 6.53. The van der Waals surface area contributed by atoms with Crippen molar-refractivity contribution in [2.45, 2.75) is 32.8 Å². The Bertz CT molecular complexity index is 583. The van der Waals surface area contributed by atoms with E-state index in [-0.39, 0.29) is 5.41 Å². The van der Waals surface area contributed by atoms with Crippen LogP contribution in [0.4, 0.5) is 0 Å². The molecule has 0 aliphatic heterocycles. The van der Waals surface area contributed by atoms with E-state index in [2.05, 4.69) is 45.0 Å². The zero-order valence-corrected chi connectivity index (χ0v) is 13.4. The SMILES string of the molecule is CC(C)(C)c1ccc(COc2cc(Cl)ccc2Cl)cc1. The molecule has 0 N–H and O–H groups in total. The maximum Gasteiger partial charge on any atom is 0.139 e. The van der Waals surface area contributed by atoms with Gasteiger partial charge in [0.1, 0.15) is 12.4 Å². The summed E-state index contributed by atoms with van der Waals surface area (Å²) in [5.74, 6) is 0.610. The molecule has 0 saturated heterocycles. The number of halogens is 2. The number of hydrogen-bond donors (Lipinski definition) is 0. The molecule has 0 aromatic heterocycles. The van der Waals surface area contributed by atoms with Crippen LogP contribution in [0.5, 0.6) is 5.75 Å². The summed E-state index contributed by atoms with van der Waals surface area (Å²) in [5.41, 5.74) is 2.58. The fourth-order valence-electron chi connectivity index (χ4n) is 1.85. The molecule has 2 rings (SSSR count). The molecule has 20 heavy (non-hydrogen) atoms. The molecule has 2 aromatic rings. The minimum Gasteiger partial charge on any atom is -0.487 e. The van der Waals surface area contributed by atoms with Crippen LogP contribution in [0.3, 0.4) is 0 Å². The van der Waals surface area contributed by atoms with Crippen LogP contribution in [0.2, 0.25) is 10.0 Å². The molecule has 0 bridgehead atoms. The van der Waals surface area contributed by atoms with Crippen LogP contribution in [-0.2, 0) is 12.0 Å². The second kappa shape index (κ2) is 6.07. The van der Waals surface area contributed by atoms with E-state index in [1.165, 1.54) is 5.56 Å². The Kier molecular flexibility index (Phi) is 4.62. The fourth-order valence-corrected chi connectivity index (χ4v) is 2.18. The fraction of sp³-hybridized carbons (Fsp3) is 0.294. The van der Waals surface area contributed by atoms with E-state index in [1.807, 2.05) is 0 Å². The third kappa shape index (κ3) is 3.91. The first-order chi connectivity index (χ1) is 9.36. The largest absolute Gasteiger partial charge is 0.487 e. The molecule has 0 amide bonds. The van der Waals surface area contributed by atoms with E-state index in [1.54, 1.807) is 18.2 Å². The molecule has 1 nitrogen and oxygen atoms in total. The highest BCUT2D eigenvalue weighted by Crippen LogP contribution is 2.28. The van der Waals surface area contributed by atoms with Crippen molar-refractivity contribution in [2.75, 3.05) is 0 Å². The van der Waals surface area contributed by atoms with Crippen molar-refractivity contribution >= 4 is 23.2 Å². The first-order valence-corrected chi connectivity index (χ1v) is 7.29. The Hall–Kier alpha value is -1.18. The number of ether oxygens (including phenoxy) is 1. The van der Waals surface area contributed by atoms with Gasteiger partial charge in [0.25, 0.3) is 0 Å². The van der Waals surface area contributed by atoms with Crippen LogP contribution in [0.1, 0.15) is 31.9 Å². The lowest BCUT2D eigenvalue weighted by molar-refractivity contribution is 0.306. The third-order valence-electron chi connectivity index (χ3n) is 3.11. The normalized spacial score (nSPS) is 11.4. The van der Waals surface area contributed by atoms with Gasteiger partial charge in [-0.25, -0.2) is 0 Å². The first kappa shape index (κ1) is 15.2. The van der Waals surface area contributed by atoms with Gasteiger partial charge in [-0.3, -0.25) is 0 Å². The van der Waals surface area contributed by atoms with Gasteiger partial charge in [0.15, 0.2) is 0 Å². The van der Waals surface area contributed by atoms with Gasteiger partial charge in [-0.1, -0.05) is 68.2 Å². The summed E-state index contributed by atoms with van der Waals surface area (Å²) in [6.07, 6.45) is 0. The van der Waals surface area contributed by atoms with Crippen molar-refractivity contribution in [2.24, 2.45) is 0 Å². The van der Waals surface area contributed by atoms with E-state index in [0.717, 1.165) is 5.56 Å². The third-order valence-corrected chi connectivity index (χ3v) is 3.65. The van der Waals surface area contributed by atoms with Crippen LogP contribution < -0.4 is 4.74 Å². The van der Waals surface area contributed by atoms with Crippen LogP contribution >= 0.6 is 23.2 Å². The molecular weight excluding hydrogens is 291 g/mol. The Morgan fingerprint density at radius 2 is 1.60 bits per heavy atom. The van der Waals surface area contributed by atoms with Crippen molar-refractivity contribution in [1.82, 2.24) is 0 Å². The lowest BCUT2D eigenvalue weighted by Gasteiger charge is -2.19. The molecular formula is C17H18Cl2O. The summed E-state index contributed by atoms with van der Waals surface area (Å²) in [6.45, 7) is 7.07. The van der Waals surface area contributed by atoms with Crippen LogP contribution in [0, 0.1) is 0 Å². The maximum absolute atomic E-state index is 6.06. The standard InChI is InChI=1S/C17H18Cl2O/c1-17(2,3)13-6-4-12(5-7-13)11-20-16-10-14(18)8-9-15(16)19/h4-10H,11H2,1-3H3. The van der Waals surface area contributed by atoms with Crippen molar-refractivity contribution in [3.63, 3.8) is 0 Å². The van der Waals surface area contributed by atoms with Gasteiger partial charge in [-0.05, 0) is 28.7 Å². The minimum absolute atomic E-state index is 0.162. The summed E-state index contributed by atoms with van der Waals surface area (Å²) in [4.78, 5) is 0. The van der Waals surface area contributed by atoms with Crippen LogP contribution in [-0.4, -0.2) is 0 Å². The average molecular weight is 309 g/mol. The Morgan fingerprint density at radius 3 is 2.20 bits per heavy atom. The molecule has 0 heterocycles. The van der Waals surface area contributed by atoms with Gasteiger partial charge >= 0.3 is 0 Å². The van der Waals surface area contributed by atoms with Crippen LogP contribution in [0.25, 0.3) is 0 Å². The van der Waals surface area contributed by atoms with Gasteiger partial charge in [0, 0.05) is 11.1 Å². The van der Waals surface area contributed by atoms with Crippen molar-refractivity contribution in [1.29, 1.82) is 0 Å². The molecule has 0 radical (unpaired) electrons. The van der Waals surface area contributed by atoms with Crippen molar-refractivity contribution in [3.05, 3.63) is 63.6 Å². The number of rotatable bonds is 3. The maximum atomic E-state index is 6.06. The number of benzene rings is 2. The summed E-state index contributed by atoms with van der Waals surface area (Å²) >= 11 is 12.0. The van der Waals surface area contributed by atoms with E-state index in [0.29, 0.717) is 22.4 Å². The van der Waals surface area contributed by atoms with Gasteiger partial charge in [-0.2, -0.15) is 0 Å². The molecule has 0 spiro atoms. The highest BCUT2D eigenvalue weighted by atomic mass is 35.5. The average Bonchev–Trinajstić information content (AvgIpc) is 2.39. The molecule has 2 aromatic carbocycles. The topological polar surface area (TPSA) is 9.23 Å². The van der Waals surface area contributed by atoms with Crippen LogP contribution in [0.15, 0.2) is 42.5 Å². The Balaban J connectivity index is 2.06. The summed E-state index contributed by atoms with van der Waals surface area (Å²) in [7, 11) is 0. The lowest BCUT2D eigenvalue weighted by Crippen LogP contribution is -2.10. The molecule has 106 valence electrons. The minimum atomic E-state index is 0.162. The molecule has 0 fully saturated rings. The lowest BCUT2D eigenvalue weighted by atomic mass is 9.87. The predicted octanol–water partition coefficient (Wildman–Crippen LogP) is 5.87. The zero-order valence-electron chi connectivity index (χ0n) is 11.9. The summed E-state index contributed by atoms with van der Waals surface area (Å²) in [5, 5.41) is 1.19. The highest BCUT2D eigenvalue weighted by Gasteiger charge is 2.12. The zero-order chi connectivity index (χ0) is 14.8. The van der Waals surface area contributed by atoms with E-state index in [9.17, 15) is 0 Å². The Labute approximate surface area is 130 Å². The van der Waals surface area contributed by atoms with Gasteiger partial charge in [-0.15, -0.1) is 0 Å². The van der Waals surface area contributed by atoms with E-state index >= 15 is 0 Å². The summed E-state index contributed by atoms with van der Waals surface area (Å²) in [6, 6.07) is 13.7. The van der Waals surface area contributed by atoms with Crippen molar-refractivity contribution < 1.29 is 4.74 Å². The van der Waals surface area contributed by atoms with Gasteiger partial charge < -0.3 is 4.74 Å². The molecule has 0 unspecified atom stereocenters. The molecule has 0 aliphatic carbocycles. The second-order valence-electron chi connectivity index (χ2n) is 5.81. The molecule has 0 atom stereocenters. The molecule has 3 heteroatoms. The highest BCUT2D eigenvalue weighted by molar-refractivity contribution is 6.34. The Morgan fingerprint density at radius 1 is 0.950 bits per heavy atom. The quantitative estimate of drug-likeness (QED) is 0.689. The monoisotopic (exact) mass is 308 g/mol. The summed E-state index contributed by atoms with van der Waals surface area (Å²) < 4.78 is 5.71. The number of hydrogen-bond acceptors (Lipinski definition) is 1. The molecule has 0 saturated carbocycles.